The average Bonchev–Trinajstić information content (AvgIpc) is 3.12. The van der Waals surface area contributed by atoms with Crippen LogP contribution in [0.4, 0.5) is 0 Å². The van der Waals surface area contributed by atoms with E-state index in [9.17, 15) is 19.8 Å². The van der Waals surface area contributed by atoms with Crippen LogP contribution in [0.2, 0.25) is 0 Å². The number of aliphatic hydroxyl groups excluding tert-OH is 1. The SMILES string of the molecule is CCN(CC)CCCN1C(=O)C(=O)C(=C(O)c2cc(Br)ccc2O)C1c1ccc(OC)c(OC)c1. The van der Waals surface area contributed by atoms with Gasteiger partial charge in [0, 0.05) is 11.0 Å². The first kappa shape index (κ1) is 26.6. The van der Waals surface area contributed by atoms with Gasteiger partial charge in [0.1, 0.15) is 11.5 Å². The van der Waals surface area contributed by atoms with Gasteiger partial charge >= 0.3 is 0 Å². The van der Waals surface area contributed by atoms with Crippen LogP contribution in [0, 0.1) is 0 Å². The van der Waals surface area contributed by atoms with E-state index in [-0.39, 0.29) is 16.9 Å². The highest BCUT2D eigenvalue weighted by molar-refractivity contribution is 9.10. The van der Waals surface area contributed by atoms with Gasteiger partial charge in [-0.1, -0.05) is 35.8 Å². The van der Waals surface area contributed by atoms with E-state index in [1.165, 1.54) is 31.3 Å². The van der Waals surface area contributed by atoms with Crippen LogP contribution in [0.25, 0.3) is 5.76 Å². The number of hydrogen-bond donors (Lipinski definition) is 2. The molecule has 2 N–H and O–H groups in total. The minimum atomic E-state index is -0.857. The monoisotopic (exact) mass is 546 g/mol. The number of aliphatic hydroxyl groups is 1. The zero-order chi connectivity index (χ0) is 25.7. The predicted octanol–water partition coefficient (Wildman–Crippen LogP) is 4.33. The molecule has 188 valence electrons. The highest BCUT2D eigenvalue weighted by Crippen LogP contribution is 2.43. The zero-order valence-corrected chi connectivity index (χ0v) is 22.0. The van der Waals surface area contributed by atoms with Crippen LogP contribution in [-0.4, -0.2) is 72.1 Å². The quantitative estimate of drug-likeness (QED) is 0.260. The largest absolute Gasteiger partial charge is 0.507 e. The van der Waals surface area contributed by atoms with E-state index >= 15 is 0 Å². The molecule has 0 aromatic heterocycles. The summed E-state index contributed by atoms with van der Waals surface area (Å²) in [6.45, 7) is 7.00. The lowest BCUT2D eigenvalue weighted by Crippen LogP contribution is -2.33. The number of hydrogen-bond acceptors (Lipinski definition) is 7. The summed E-state index contributed by atoms with van der Waals surface area (Å²) in [5, 5.41) is 21.6. The summed E-state index contributed by atoms with van der Waals surface area (Å²) in [4.78, 5) is 30.1. The molecule has 1 amide bonds. The zero-order valence-electron chi connectivity index (χ0n) is 20.4. The van der Waals surface area contributed by atoms with E-state index in [1.54, 1.807) is 24.3 Å². The fourth-order valence-corrected chi connectivity index (χ4v) is 4.69. The van der Waals surface area contributed by atoms with Crippen molar-refractivity contribution in [1.82, 2.24) is 9.80 Å². The summed E-state index contributed by atoms with van der Waals surface area (Å²) in [5.41, 5.74) is 0.560. The molecule has 1 saturated heterocycles. The number of carbonyl (C=O) groups is 2. The third kappa shape index (κ3) is 5.46. The second kappa shape index (κ2) is 11.6. The van der Waals surface area contributed by atoms with Crippen LogP contribution in [-0.2, 0) is 9.59 Å². The number of halogens is 1. The lowest BCUT2D eigenvalue weighted by atomic mass is 9.94. The van der Waals surface area contributed by atoms with Gasteiger partial charge in [-0.15, -0.1) is 0 Å². The second-order valence-electron chi connectivity index (χ2n) is 8.15. The summed E-state index contributed by atoms with van der Waals surface area (Å²) in [6, 6.07) is 8.80. The Morgan fingerprint density at radius 3 is 2.37 bits per heavy atom. The maximum absolute atomic E-state index is 13.2. The number of nitrogens with zero attached hydrogens (tertiary/aromatic N) is 2. The molecule has 8 nitrogen and oxygen atoms in total. The Morgan fingerprint density at radius 2 is 1.74 bits per heavy atom. The van der Waals surface area contributed by atoms with Gasteiger partial charge in [0.25, 0.3) is 11.7 Å². The number of ketones is 1. The standard InChI is InChI=1S/C26H31BrN2O6/c1-5-28(6-2)12-7-13-29-23(16-8-11-20(34-3)21(14-16)35-4)22(25(32)26(29)33)24(31)18-15-17(27)9-10-19(18)30/h8-11,14-15,23,30-31H,5-7,12-13H2,1-4H3. The van der Waals surface area contributed by atoms with Crippen molar-refractivity contribution in [2.45, 2.75) is 26.3 Å². The first-order chi connectivity index (χ1) is 16.8. The lowest BCUT2D eigenvalue weighted by molar-refractivity contribution is -0.140. The number of ether oxygens (including phenoxy) is 2. The average molecular weight is 547 g/mol. The van der Waals surface area contributed by atoms with E-state index in [0.29, 0.717) is 34.5 Å². The molecule has 1 unspecified atom stereocenters. The number of benzene rings is 2. The van der Waals surface area contributed by atoms with Crippen LogP contribution in [0.1, 0.15) is 37.4 Å². The molecular weight excluding hydrogens is 516 g/mol. The number of aromatic hydroxyl groups is 1. The Labute approximate surface area is 213 Å². The number of amides is 1. The molecule has 1 aliphatic heterocycles. The van der Waals surface area contributed by atoms with Crippen LogP contribution in [0.15, 0.2) is 46.4 Å². The second-order valence-corrected chi connectivity index (χ2v) is 9.06. The van der Waals surface area contributed by atoms with Crippen molar-refractivity contribution in [3.05, 3.63) is 57.6 Å². The summed E-state index contributed by atoms with van der Waals surface area (Å²) in [6.07, 6.45) is 0.653. The molecular formula is C26H31BrN2O6. The smallest absolute Gasteiger partial charge is 0.295 e. The van der Waals surface area contributed by atoms with Crippen LogP contribution < -0.4 is 9.47 Å². The fourth-order valence-electron chi connectivity index (χ4n) is 4.33. The fraction of sp³-hybridized carbons (Fsp3) is 0.385. The molecule has 0 radical (unpaired) electrons. The third-order valence-corrected chi connectivity index (χ3v) is 6.74. The molecule has 3 rings (SSSR count). The van der Waals surface area contributed by atoms with Gasteiger partial charge < -0.3 is 29.5 Å². The summed E-state index contributed by atoms with van der Waals surface area (Å²) < 4.78 is 11.4. The maximum Gasteiger partial charge on any atom is 0.295 e. The highest BCUT2D eigenvalue weighted by atomic mass is 79.9. The van der Waals surface area contributed by atoms with E-state index in [4.69, 9.17) is 9.47 Å². The van der Waals surface area contributed by atoms with Gasteiger partial charge in [-0.3, -0.25) is 9.59 Å². The first-order valence-corrected chi connectivity index (χ1v) is 12.3. The van der Waals surface area contributed by atoms with Crippen LogP contribution >= 0.6 is 15.9 Å². The van der Waals surface area contributed by atoms with Crippen molar-refractivity contribution in [1.29, 1.82) is 0 Å². The number of phenols is 1. The third-order valence-electron chi connectivity index (χ3n) is 6.24. The van der Waals surface area contributed by atoms with Gasteiger partial charge in [0.15, 0.2) is 11.5 Å². The van der Waals surface area contributed by atoms with Crippen molar-refractivity contribution < 1.29 is 29.3 Å². The van der Waals surface area contributed by atoms with Crippen molar-refractivity contribution in [2.75, 3.05) is 40.4 Å². The number of methoxy groups -OCH3 is 2. The summed E-state index contributed by atoms with van der Waals surface area (Å²) in [5.74, 6) is -1.20. The Kier molecular flexibility index (Phi) is 8.80. The topological polar surface area (TPSA) is 99.5 Å². The van der Waals surface area contributed by atoms with Gasteiger partial charge in [-0.2, -0.15) is 0 Å². The summed E-state index contributed by atoms with van der Waals surface area (Å²) in [7, 11) is 3.02. The molecule has 1 heterocycles. The molecule has 9 heteroatoms. The number of rotatable bonds is 10. The van der Waals surface area contributed by atoms with Crippen molar-refractivity contribution in [3.63, 3.8) is 0 Å². The lowest BCUT2D eigenvalue weighted by Gasteiger charge is -2.27. The summed E-state index contributed by atoms with van der Waals surface area (Å²) >= 11 is 3.33. The number of likely N-dealkylation sites (tertiary alicyclic amines) is 1. The van der Waals surface area contributed by atoms with Crippen molar-refractivity contribution in [3.8, 4) is 17.2 Å². The maximum atomic E-state index is 13.2. The molecule has 0 bridgehead atoms. The molecule has 2 aromatic carbocycles. The minimum absolute atomic E-state index is 0.0611. The number of phenolic OH excluding ortho intramolecular Hbond substituents is 1. The Bertz CT molecular complexity index is 1130. The molecule has 35 heavy (non-hydrogen) atoms. The Morgan fingerprint density at radius 1 is 1.06 bits per heavy atom. The molecule has 0 aliphatic carbocycles. The van der Waals surface area contributed by atoms with Crippen LogP contribution in [0.5, 0.6) is 17.2 Å². The van der Waals surface area contributed by atoms with Crippen molar-refractivity contribution >= 4 is 33.4 Å². The van der Waals surface area contributed by atoms with Crippen LogP contribution in [0.3, 0.4) is 0 Å². The van der Waals surface area contributed by atoms with E-state index in [0.717, 1.165) is 19.6 Å². The Hall–Kier alpha value is -3.04. The first-order valence-electron chi connectivity index (χ1n) is 11.5. The minimum Gasteiger partial charge on any atom is -0.507 e. The number of carbonyl (C=O) groups excluding carboxylic acids is 2. The molecule has 2 aromatic rings. The predicted molar refractivity (Wildman–Crippen MR) is 137 cm³/mol. The Balaban J connectivity index is 2.13. The van der Waals surface area contributed by atoms with Gasteiger partial charge in [-0.05, 0) is 62.0 Å². The van der Waals surface area contributed by atoms with Gasteiger partial charge in [0.05, 0.1) is 31.4 Å². The van der Waals surface area contributed by atoms with Gasteiger partial charge in [0.2, 0.25) is 0 Å². The number of Topliss-reactive ketones (excluding diaryl/α,β-unsaturated/α-hetero) is 1. The van der Waals surface area contributed by atoms with Crippen molar-refractivity contribution in [2.24, 2.45) is 0 Å². The van der Waals surface area contributed by atoms with Gasteiger partial charge in [-0.25, -0.2) is 0 Å². The molecule has 1 atom stereocenters. The highest BCUT2D eigenvalue weighted by Gasteiger charge is 2.46. The molecule has 0 saturated carbocycles. The normalized spacial score (nSPS) is 17.3. The van der Waals surface area contributed by atoms with E-state index < -0.39 is 23.5 Å². The molecule has 0 spiro atoms. The van der Waals surface area contributed by atoms with E-state index in [1.807, 2.05) is 0 Å². The van der Waals surface area contributed by atoms with E-state index in [2.05, 4.69) is 34.7 Å². The molecule has 1 aliphatic rings. The molecule has 1 fully saturated rings.